The van der Waals surface area contributed by atoms with Gasteiger partial charge in [0.1, 0.15) is 5.69 Å². The van der Waals surface area contributed by atoms with Gasteiger partial charge in [-0.2, -0.15) is 5.10 Å². The van der Waals surface area contributed by atoms with Crippen molar-refractivity contribution in [3.63, 3.8) is 0 Å². The fourth-order valence-electron chi connectivity index (χ4n) is 1.35. The molecule has 0 aromatic carbocycles. The number of ketones is 1. The fourth-order valence-corrected chi connectivity index (χ4v) is 1.35. The van der Waals surface area contributed by atoms with Gasteiger partial charge < -0.3 is 0 Å². The highest BCUT2D eigenvalue weighted by Gasteiger charge is 2.11. The standard InChI is InChI=1S/C9H9N3O/c1-6(13)8-7-4-3-5-10-9(7)12(2)11-8/h3-5H,1-2H3. The van der Waals surface area contributed by atoms with E-state index in [0.29, 0.717) is 5.69 Å². The third-order valence-corrected chi connectivity index (χ3v) is 1.93. The van der Waals surface area contributed by atoms with Gasteiger partial charge in [0.15, 0.2) is 11.4 Å². The molecule has 4 heteroatoms. The van der Waals surface area contributed by atoms with E-state index in [9.17, 15) is 4.79 Å². The van der Waals surface area contributed by atoms with Crippen LogP contribution in [0.3, 0.4) is 0 Å². The van der Waals surface area contributed by atoms with Crippen LogP contribution in [-0.2, 0) is 7.05 Å². The second kappa shape index (κ2) is 2.65. The summed E-state index contributed by atoms with van der Waals surface area (Å²) in [6.07, 6.45) is 1.69. The van der Waals surface area contributed by atoms with Crippen LogP contribution < -0.4 is 0 Å². The maximum atomic E-state index is 11.2. The molecule has 2 aromatic heterocycles. The zero-order chi connectivity index (χ0) is 9.42. The first-order valence-corrected chi connectivity index (χ1v) is 3.99. The Morgan fingerprint density at radius 3 is 3.00 bits per heavy atom. The van der Waals surface area contributed by atoms with Crippen LogP contribution >= 0.6 is 0 Å². The minimum atomic E-state index is -0.0291. The Bertz CT molecular complexity index is 473. The van der Waals surface area contributed by atoms with E-state index in [2.05, 4.69) is 10.1 Å². The minimum absolute atomic E-state index is 0.0291. The molecule has 0 atom stereocenters. The molecule has 0 aliphatic carbocycles. The van der Waals surface area contributed by atoms with Gasteiger partial charge >= 0.3 is 0 Å². The van der Waals surface area contributed by atoms with Gasteiger partial charge in [-0.05, 0) is 12.1 Å². The van der Waals surface area contributed by atoms with E-state index >= 15 is 0 Å². The maximum absolute atomic E-state index is 11.2. The van der Waals surface area contributed by atoms with Gasteiger partial charge in [-0.3, -0.25) is 4.79 Å². The van der Waals surface area contributed by atoms with Crippen molar-refractivity contribution >= 4 is 16.8 Å². The first-order valence-electron chi connectivity index (χ1n) is 3.99. The van der Waals surface area contributed by atoms with Crippen molar-refractivity contribution in [2.75, 3.05) is 0 Å². The summed E-state index contributed by atoms with van der Waals surface area (Å²) in [7, 11) is 1.78. The molecule has 2 heterocycles. The monoisotopic (exact) mass is 175 g/mol. The van der Waals surface area contributed by atoms with E-state index in [1.165, 1.54) is 6.92 Å². The lowest BCUT2D eigenvalue weighted by Crippen LogP contribution is -1.96. The highest BCUT2D eigenvalue weighted by atomic mass is 16.1. The van der Waals surface area contributed by atoms with E-state index in [4.69, 9.17) is 0 Å². The molecule has 0 N–H and O–H groups in total. The highest BCUT2D eigenvalue weighted by Crippen LogP contribution is 2.14. The third-order valence-electron chi connectivity index (χ3n) is 1.93. The molecule has 66 valence electrons. The normalized spacial score (nSPS) is 10.6. The number of fused-ring (bicyclic) bond motifs is 1. The van der Waals surface area contributed by atoms with E-state index in [0.717, 1.165) is 11.0 Å². The predicted molar refractivity (Wildman–Crippen MR) is 48.5 cm³/mol. The lowest BCUT2D eigenvalue weighted by Gasteiger charge is -1.89. The first-order chi connectivity index (χ1) is 6.20. The molecule has 13 heavy (non-hydrogen) atoms. The predicted octanol–water partition coefficient (Wildman–Crippen LogP) is 1.17. The average Bonchev–Trinajstić information content (AvgIpc) is 2.45. The molecule has 0 amide bonds. The number of Topliss-reactive ketones (excluding diaryl/α,β-unsaturated/α-hetero) is 1. The van der Waals surface area contributed by atoms with Crippen molar-refractivity contribution < 1.29 is 4.79 Å². The van der Waals surface area contributed by atoms with Crippen LogP contribution in [0.5, 0.6) is 0 Å². The third kappa shape index (κ3) is 1.11. The summed E-state index contributed by atoms with van der Waals surface area (Å²) < 4.78 is 1.62. The van der Waals surface area contributed by atoms with E-state index in [1.54, 1.807) is 24.0 Å². The number of aryl methyl sites for hydroxylation is 1. The number of rotatable bonds is 1. The van der Waals surface area contributed by atoms with Crippen molar-refractivity contribution in [2.24, 2.45) is 7.05 Å². The van der Waals surface area contributed by atoms with E-state index in [-0.39, 0.29) is 5.78 Å². The van der Waals surface area contributed by atoms with Gasteiger partial charge in [0.25, 0.3) is 0 Å². The number of aromatic nitrogens is 3. The molecular weight excluding hydrogens is 166 g/mol. The SMILES string of the molecule is CC(=O)c1nn(C)c2ncccc12. The number of carbonyl (C=O) groups is 1. The van der Waals surface area contributed by atoms with E-state index < -0.39 is 0 Å². The first kappa shape index (κ1) is 7.91. The zero-order valence-electron chi connectivity index (χ0n) is 7.48. The summed E-state index contributed by atoms with van der Waals surface area (Å²) in [5.41, 5.74) is 1.23. The van der Waals surface area contributed by atoms with Crippen LogP contribution in [-0.4, -0.2) is 20.5 Å². The molecule has 0 saturated carbocycles. The van der Waals surface area contributed by atoms with Crippen LogP contribution in [0.4, 0.5) is 0 Å². The summed E-state index contributed by atoms with van der Waals surface area (Å²) in [6, 6.07) is 3.66. The van der Waals surface area contributed by atoms with Gasteiger partial charge in [0.2, 0.25) is 0 Å². The van der Waals surface area contributed by atoms with Crippen LogP contribution in [0.1, 0.15) is 17.4 Å². The van der Waals surface area contributed by atoms with Crippen molar-refractivity contribution in [1.82, 2.24) is 14.8 Å². The summed E-state index contributed by atoms with van der Waals surface area (Å²) in [5.74, 6) is -0.0291. The number of hydrogen-bond acceptors (Lipinski definition) is 3. The quantitative estimate of drug-likeness (QED) is 0.611. The van der Waals surface area contributed by atoms with Crippen molar-refractivity contribution in [2.45, 2.75) is 6.92 Å². The molecule has 0 aliphatic rings. The number of nitrogens with zero attached hydrogens (tertiary/aromatic N) is 3. The second-order valence-corrected chi connectivity index (χ2v) is 2.90. The van der Waals surface area contributed by atoms with Gasteiger partial charge in [0, 0.05) is 20.2 Å². The number of carbonyl (C=O) groups excluding carboxylic acids is 1. The van der Waals surface area contributed by atoms with Crippen molar-refractivity contribution in [3.05, 3.63) is 24.0 Å². The Morgan fingerprint density at radius 2 is 2.31 bits per heavy atom. The molecule has 4 nitrogen and oxygen atoms in total. The maximum Gasteiger partial charge on any atom is 0.180 e. The minimum Gasteiger partial charge on any atom is -0.293 e. The van der Waals surface area contributed by atoms with Crippen molar-refractivity contribution in [3.8, 4) is 0 Å². The van der Waals surface area contributed by atoms with Gasteiger partial charge in [0.05, 0.1) is 5.39 Å². The van der Waals surface area contributed by atoms with Crippen LogP contribution in [0.25, 0.3) is 11.0 Å². The Labute approximate surface area is 75.2 Å². The van der Waals surface area contributed by atoms with Gasteiger partial charge in [-0.15, -0.1) is 0 Å². The topological polar surface area (TPSA) is 47.8 Å². The molecule has 0 fully saturated rings. The largest absolute Gasteiger partial charge is 0.293 e. The van der Waals surface area contributed by atoms with Gasteiger partial charge in [-0.1, -0.05) is 0 Å². The molecule has 0 radical (unpaired) electrons. The fraction of sp³-hybridized carbons (Fsp3) is 0.222. The molecule has 0 saturated heterocycles. The lowest BCUT2D eigenvalue weighted by molar-refractivity contribution is 0.101. The van der Waals surface area contributed by atoms with E-state index in [1.807, 2.05) is 6.07 Å². The zero-order valence-corrected chi connectivity index (χ0v) is 7.48. The number of pyridine rings is 1. The number of hydrogen-bond donors (Lipinski definition) is 0. The Balaban J connectivity index is 2.85. The average molecular weight is 175 g/mol. The molecule has 2 rings (SSSR count). The summed E-state index contributed by atoms with van der Waals surface area (Å²) in [6.45, 7) is 1.51. The molecule has 0 aliphatic heterocycles. The van der Waals surface area contributed by atoms with Crippen LogP contribution in [0, 0.1) is 0 Å². The summed E-state index contributed by atoms with van der Waals surface area (Å²) >= 11 is 0. The molecule has 0 bridgehead atoms. The Kier molecular flexibility index (Phi) is 1.62. The second-order valence-electron chi connectivity index (χ2n) is 2.90. The highest BCUT2D eigenvalue weighted by molar-refractivity contribution is 6.03. The molecule has 2 aromatic rings. The molecule has 0 unspecified atom stereocenters. The molecule has 0 spiro atoms. The summed E-state index contributed by atoms with van der Waals surface area (Å²) in [5, 5.41) is 4.91. The van der Waals surface area contributed by atoms with Crippen molar-refractivity contribution in [1.29, 1.82) is 0 Å². The van der Waals surface area contributed by atoms with Crippen LogP contribution in [0.2, 0.25) is 0 Å². The van der Waals surface area contributed by atoms with Crippen LogP contribution in [0.15, 0.2) is 18.3 Å². The van der Waals surface area contributed by atoms with Gasteiger partial charge in [-0.25, -0.2) is 9.67 Å². The Hall–Kier alpha value is -1.71. The molecular formula is C9H9N3O. The summed E-state index contributed by atoms with van der Waals surface area (Å²) in [4.78, 5) is 15.3. The Morgan fingerprint density at radius 1 is 1.54 bits per heavy atom. The lowest BCUT2D eigenvalue weighted by atomic mass is 10.2. The smallest absolute Gasteiger partial charge is 0.180 e.